The van der Waals surface area contributed by atoms with E-state index < -0.39 is 0 Å². The van der Waals surface area contributed by atoms with E-state index in [0.717, 1.165) is 19.8 Å². The van der Waals surface area contributed by atoms with Crippen molar-refractivity contribution in [1.29, 1.82) is 0 Å². The Balaban J connectivity index is 1.60. The van der Waals surface area contributed by atoms with E-state index in [1.165, 1.54) is 35.5 Å². The molecule has 1 fully saturated rings. The SMILES string of the molecule is c1ccc2c(c1)CSCC2NCC1CCCOC1. The van der Waals surface area contributed by atoms with Crippen molar-refractivity contribution in [3.63, 3.8) is 0 Å². The first-order valence-electron chi connectivity index (χ1n) is 6.90. The van der Waals surface area contributed by atoms with Crippen molar-refractivity contribution in [3.8, 4) is 0 Å². The molecule has 98 valence electrons. The second kappa shape index (κ2) is 6.09. The number of nitrogens with one attached hydrogen (secondary N) is 1. The van der Waals surface area contributed by atoms with Gasteiger partial charge in [-0.15, -0.1) is 0 Å². The standard InChI is InChI=1S/C15H21NOS/c1-2-6-14-13(5-1)10-18-11-15(14)16-8-12-4-3-7-17-9-12/h1-2,5-6,12,15-16H,3-4,7-11H2. The Labute approximate surface area is 113 Å². The van der Waals surface area contributed by atoms with Crippen LogP contribution in [0, 0.1) is 5.92 Å². The van der Waals surface area contributed by atoms with Crippen LogP contribution < -0.4 is 5.32 Å². The van der Waals surface area contributed by atoms with Gasteiger partial charge in [0.15, 0.2) is 0 Å². The molecule has 1 saturated heterocycles. The summed E-state index contributed by atoms with van der Waals surface area (Å²) >= 11 is 2.04. The number of benzene rings is 1. The molecule has 1 N–H and O–H groups in total. The zero-order chi connectivity index (χ0) is 12.2. The first kappa shape index (κ1) is 12.5. The van der Waals surface area contributed by atoms with E-state index in [9.17, 15) is 0 Å². The van der Waals surface area contributed by atoms with E-state index in [1.807, 2.05) is 11.8 Å². The minimum absolute atomic E-state index is 0.530. The van der Waals surface area contributed by atoms with Crippen LogP contribution in [0.1, 0.15) is 30.0 Å². The Morgan fingerprint density at radius 3 is 3.17 bits per heavy atom. The van der Waals surface area contributed by atoms with Crippen LogP contribution in [0.2, 0.25) is 0 Å². The molecule has 18 heavy (non-hydrogen) atoms. The normalized spacial score (nSPS) is 27.8. The van der Waals surface area contributed by atoms with Crippen molar-refractivity contribution in [2.45, 2.75) is 24.6 Å². The summed E-state index contributed by atoms with van der Waals surface area (Å²) in [6.45, 7) is 2.99. The van der Waals surface area contributed by atoms with Gasteiger partial charge in [0.05, 0.1) is 6.61 Å². The molecule has 2 heterocycles. The number of rotatable bonds is 3. The fraction of sp³-hybridized carbons (Fsp3) is 0.600. The Morgan fingerprint density at radius 2 is 2.28 bits per heavy atom. The predicted octanol–water partition coefficient (Wildman–Crippen LogP) is 2.99. The molecule has 3 heteroatoms. The van der Waals surface area contributed by atoms with Crippen molar-refractivity contribution in [2.75, 3.05) is 25.5 Å². The van der Waals surface area contributed by atoms with Crippen molar-refractivity contribution in [1.82, 2.24) is 5.32 Å². The largest absolute Gasteiger partial charge is 0.381 e. The maximum Gasteiger partial charge on any atom is 0.0506 e. The summed E-state index contributed by atoms with van der Waals surface area (Å²) in [5.41, 5.74) is 3.01. The molecular weight excluding hydrogens is 242 g/mol. The van der Waals surface area contributed by atoms with Crippen LogP contribution in [0.25, 0.3) is 0 Å². The molecule has 1 aromatic carbocycles. The van der Waals surface area contributed by atoms with Gasteiger partial charge >= 0.3 is 0 Å². The third-order valence-corrected chi connectivity index (χ3v) is 4.96. The zero-order valence-corrected chi connectivity index (χ0v) is 11.5. The van der Waals surface area contributed by atoms with Gasteiger partial charge in [-0.3, -0.25) is 0 Å². The van der Waals surface area contributed by atoms with Crippen LogP contribution in [0.15, 0.2) is 24.3 Å². The molecule has 0 amide bonds. The van der Waals surface area contributed by atoms with Crippen LogP contribution in [-0.4, -0.2) is 25.5 Å². The lowest BCUT2D eigenvalue weighted by atomic mass is 9.99. The Hall–Kier alpha value is -0.510. The van der Waals surface area contributed by atoms with Crippen LogP contribution in [0.5, 0.6) is 0 Å². The fourth-order valence-corrected chi connectivity index (χ4v) is 3.96. The van der Waals surface area contributed by atoms with Crippen molar-refractivity contribution in [2.24, 2.45) is 5.92 Å². The molecule has 2 aliphatic rings. The number of ether oxygens (including phenoxy) is 1. The highest BCUT2D eigenvalue weighted by molar-refractivity contribution is 7.98. The van der Waals surface area contributed by atoms with E-state index in [-0.39, 0.29) is 0 Å². The average Bonchev–Trinajstić information content (AvgIpc) is 2.46. The first-order chi connectivity index (χ1) is 8.93. The van der Waals surface area contributed by atoms with Crippen molar-refractivity contribution >= 4 is 11.8 Å². The van der Waals surface area contributed by atoms with Gasteiger partial charge < -0.3 is 10.1 Å². The van der Waals surface area contributed by atoms with E-state index in [1.54, 1.807) is 0 Å². The lowest BCUT2D eigenvalue weighted by Crippen LogP contribution is -2.34. The molecule has 2 aliphatic heterocycles. The molecule has 2 nitrogen and oxygen atoms in total. The van der Waals surface area contributed by atoms with Gasteiger partial charge in [-0.05, 0) is 29.9 Å². The van der Waals surface area contributed by atoms with Crippen molar-refractivity contribution < 1.29 is 4.74 Å². The molecule has 0 bridgehead atoms. The molecule has 0 spiro atoms. The fourth-order valence-electron chi connectivity index (χ4n) is 2.83. The Morgan fingerprint density at radius 1 is 1.33 bits per heavy atom. The molecule has 0 radical (unpaired) electrons. The lowest BCUT2D eigenvalue weighted by Gasteiger charge is -2.29. The molecule has 0 aliphatic carbocycles. The maximum absolute atomic E-state index is 5.55. The predicted molar refractivity (Wildman–Crippen MR) is 76.9 cm³/mol. The van der Waals surface area contributed by atoms with Gasteiger partial charge in [0.25, 0.3) is 0 Å². The average molecular weight is 263 g/mol. The van der Waals surface area contributed by atoms with Gasteiger partial charge in [-0.1, -0.05) is 24.3 Å². The number of hydrogen-bond acceptors (Lipinski definition) is 3. The second-order valence-electron chi connectivity index (χ2n) is 5.26. The highest BCUT2D eigenvalue weighted by atomic mass is 32.2. The van der Waals surface area contributed by atoms with Crippen LogP contribution >= 0.6 is 11.8 Å². The summed E-state index contributed by atoms with van der Waals surface area (Å²) in [6.07, 6.45) is 2.54. The van der Waals surface area contributed by atoms with Crippen molar-refractivity contribution in [3.05, 3.63) is 35.4 Å². The second-order valence-corrected chi connectivity index (χ2v) is 6.29. The van der Waals surface area contributed by atoms with E-state index >= 15 is 0 Å². The molecule has 2 unspecified atom stereocenters. The topological polar surface area (TPSA) is 21.3 Å². The van der Waals surface area contributed by atoms with Crippen LogP contribution in [0.3, 0.4) is 0 Å². The smallest absolute Gasteiger partial charge is 0.0506 e. The lowest BCUT2D eigenvalue weighted by molar-refractivity contribution is 0.0540. The molecular formula is C15H21NOS. The maximum atomic E-state index is 5.55. The Bertz CT molecular complexity index is 390. The van der Waals surface area contributed by atoms with Gasteiger partial charge in [0.1, 0.15) is 0 Å². The van der Waals surface area contributed by atoms with Crippen LogP contribution in [0.4, 0.5) is 0 Å². The number of fused-ring (bicyclic) bond motifs is 1. The third-order valence-electron chi connectivity index (χ3n) is 3.88. The summed E-state index contributed by atoms with van der Waals surface area (Å²) < 4.78 is 5.55. The summed E-state index contributed by atoms with van der Waals surface area (Å²) in [5.74, 6) is 3.07. The minimum Gasteiger partial charge on any atom is -0.381 e. The van der Waals surface area contributed by atoms with Gasteiger partial charge in [0, 0.05) is 30.7 Å². The van der Waals surface area contributed by atoms with E-state index in [4.69, 9.17) is 4.74 Å². The number of hydrogen-bond donors (Lipinski definition) is 1. The van der Waals surface area contributed by atoms with Gasteiger partial charge in [-0.2, -0.15) is 11.8 Å². The minimum atomic E-state index is 0.530. The molecule has 0 aromatic heterocycles. The number of thioether (sulfide) groups is 1. The van der Waals surface area contributed by atoms with Crippen LogP contribution in [-0.2, 0) is 10.5 Å². The van der Waals surface area contributed by atoms with E-state index in [2.05, 4.69) is 29.6 Å². The Kier molecular flexibility index (Phi) is 4.24. The summed E-state index contributed by atoms with van der Waals surface area (Å²) in [5, 5.41) is 3.75. The quantitative estimate of drug-likeness (QED) is 0.906. The summed E-state index contributed by atoms with van der Waals surface area (Å²) in [4.78, 5) is 0. The van der Waals surface area contributed by atoms with Gasteiger partial charge in [0.2, 0.25) is 0 Å². The summed E-state index contributed by atoms with van der Waals surface area (Å²) in [7, 11) is 0. The molecule has 1 aromatic rings. The highest BCUT2D eigenvalue weighted by Crippen LogP contribution is 2.31. The molecule has 0 saturated carbocycles. The zero-order valence-electron chi connectivity index (χ0n) is 10.7. The van der Waals surface area contributed by atoms with Gasteiger partial charge in [-0.25, -0.2) is 0 Å². The molecule has 3 rings (SSSR count). The first-order valence-corrected chi connectivity index (χ1v) is 8.05. The monoisotopic (exact) mass is 263 g/mol. The molecule has 2 atom stereocenters. The third kappa shape index (κ3) is 2.90. The summed E-state index contributed by atoms with van der Waals surface area (Å²) in [6, 6.07) is 9.38. The highest BCUT2D eigenvalue weighted by Gasteiger charge is 2.21. The van der Waals surface area contributed by atoms with E-state index in [0.29, 0.717) is 12.0 Å².